The highest BCUT2D eigenvalue weighted by Crippen LogP contribution is 2.32. The lowest BCUT2D eigenvalue weighted by atomic mass is 9.84. The van der Waals surface area contributed by atoms with Crippen LogP contribution in [-0.2, 0) is 10.3 Å². The SMILES string of the molecule is O=c1ccc2cc(OCCCC=S(=O)=O)ccc2[nH]1.c1ccc(C2CCCCC2)cc1. The highest BCUT2D eigenvalue weighted by atomic mass is 32.2. The molecule has 6 heteroatoms. The minimum atomic E-state index is -2.10. The Morgan fingerprint density at radius 1 is 0.968 bits per heavy atom. The molecule has 2 aromatic carbocycles. The summed E-state index contributed by atoms with van der Waals surface area (Å²) in [5.41, 5.74) is 2.18. The lowest BCUT2D eigenvalue weighted by molar-refractivity contribution is 0.314. The van der Waals surface area contributed by atoms with Gasteiger partial charge >= 0.3 is 0 Å². The summed E-state index contributed by atoms with van der Waals surface area (Å²) in [6.45, 7) is 0.447. The summed E-state index contributed by atoms with van der Waals surface area (Å²) in [7, 11) is -2.10. The van der Waals surface area contributed by atoms with Gasteiger partial charge in [-0.05, 0) is 61.4 Å². The van der Waals surface area contributed by atoms with E-state index in [1.807, 2.05) is 6.07 Å². The van der Waals surface area contributed by atoms with Crippen molar-refractivity contribution in [1.82, 2.24) is 4.98 Å². The van der Waals surface area contributed by atoms with Crippen LogP contribution in [0.25, 0.3) is 10.9 Å². The Labute approximate surface area is 184 Å². The minimum absolute atomic E-state index is 0.137. The summed E-state index contributed by atoms with van der Waals surface area (Å²) >= 11 is 0. The smallest absolute Gasteiger partial charge is 0.248 e. The summed E-state index contributed by atoms with van der Waals surface area (Å²) in [5, 5.41) is 2.11. The molecule has 0 amide bonds. The van der Waals surface area contributed by atoms with E-state index in [1.165, 1.54) is 43.5 Å². The second-order valence-corrected chi connectivity index (χ2v) is 8.59. The summed E-state index contributed by atoms with van der Waals surface area (Å²) < 4.78 is 26.1. The Balaban J connectivity index is 0.000000194. The van der Waals surface area contributed by atoms with E-state index in [9.17, 15) is 13.2 Å². The molecule has 1 aliphatic rings. The van der Waals surface area contributed by atoms with Crippen molar-refractivity contribution in [3.8, 4) is 5.75 Å². The Morgan fingerprint density at radius 3 is 2.48 bits per heavy atom. The monoisotopic (exact) mass is 439 g/mol. The number of hydrogen-bond donors (Lipinski definition) is 1. The van der Waals surface area contributed by atoms with E-state index in [4.69, 9.17) is 4.74 Å². The lowest BCUT2D eigenvalue weighted by Gasteiger charge is -2.21. The van der Waals surface area contributed by atoms with Crippen LogP contribution >= 0.6 is 0 Å². The maximum Gasteiger partial charge on any atom is 0.248 e. The van der Waals surface area contributed by atoms with Gasteiger partial charge < -0.3 is 9.72 Å². The van der Waals surface area contributed by atoms with Gasteiger partial charge in [0.25, 0.3) is 0 Å². The molecule has 0 unspecified atom stereocenters. The number of H-pyrrole nitrogens is 1. The number of benzene rings is 2. The largest absolute Gasteiger partial charge is 0.494 e. The van der Waals surface area contributed by atoms with Crippen molar-refractivity contribution in [2.24, 2.45) is 0 Å². The fourth-order valence-corrected chi connectivity index (χ4v) is 4.20. The zero-order valence-corrected chi connectivity index (χ0v) is 18.4. The molecule has 0 radical (unpaired) electrons. The molecule has 0 saturated heterocycles. The Kier molecular flexibility index (Phi) is 8.91. The van der Waals surface area contributed by atoms with Gasteiger partial charge in [-0.25, -0.2) is 0 Å². The van der Waals surface area contributed by atoms with Crippen LogP contribution in [0.3, 0.4) is 0 Å². The molecule has 1 fully saturated rings. The van der Waals surface area contributed by atoms with Crippen molar-refractivity contribution in [2.75, 3.05) is 6.61 Å². The molecule has 0 atom stereocenters. The molecule has 164 valence electrons. The van der Waals surface area contributed by atoms with Crippen LogP contribution in [0.4, 0.5) is 0 Å². The molecular weight excluding hydrogens is 410 g/mol. The number of nitrogens with one attached hydrogen (secondary N) is 1. The maximum absolute atomic E-state index is 11.1. The molecule has 3 aromatic rings. The summed E-state index contributed by atoms with van der Waals surface area (Å²) in [5.74, 6) is 1.56. The van der Waals surface area contributed by atoms with Gasteiger partial charge in [0.1, 0.15) is 5.75 Å². The number of rotatable bonds is 6. The van der Waals surface area contributed by atoms with Crippen LogP contribution in [0.5, 0.6) is 5.75 Å². The first-order chi connectivity index (χ1) is 15.1. The molecular formula is C25H29NO4S. The van der Waals surface area contributed by atoms with Gasteiger partial charge in [-0.15, -0.1) is 0 Å². The molecule has 0 bridgehead atoms. The van der Waals surface area contributed by atoms with Crippen LogP contribution in [-0.4, -0.2) is 25.4 Å². The Hall–Kier alpha value is -2.86. The van der Waals surface area contributed by atoms with Gasteiger partial charge in [-0.3, -0.25) is 4.79 Å². The molecule has 1 heterocycles. The topological polar surface area (TPSA) is 76.2 Å². The third kappa shape index (κ3) is 7.72. The highest BCUT2D eigenvalue weighted by molar-refractivity contribution is 7.71. The second-order valence-electron chi connectivity index (χ2n) is 7.74. The van der Waals surface area contributed by atoms with Crippen molar-refractivity contribution in [1.29, 1.82) is 0 Å². The van der Waals surface area contributed by atoms with Gasteiger partial charge in [0.2, 0.25) is 15.9 Å². The fourth-order valence-electron chi connectivity index (χ4n) is 3.84. The predicted molar refractivity (Wildman–Crippen MR) is 127 cm³/mol. The summed E-state index contributed by atoms with van der Waals surface area (Å²) in [6, 6.07) is 19.5. The molecule has 1 aliphatic carbocycles. The van der Waals surface area contributed by atoms with Crippen LogP contribution < -0.4 is 10.3 Å². The number of aromatic amines is 1. The third-order valence-corrected chi connectivity index (χ3v) is 5.95. The van der Waals surface area contributed by atoms with E-state index in [1.54, 1.807) is 23.8 Å². The number of aromatic nitrogens is 1. The molecule has 31 heavy (non-hydrogen) atoms. The highest BCUT2D eigenvalue weighted by Gasteiger charge is 2.14. The van der Waals surface area contributed by atoms with Crippen molar-refractivity contribution in [2.45, 2.75) is 50.9 Å². The van der Waals surface area contributed by atoms with E-state index < -0.39 is 10.3 Å². The number of fused-ring (bicyclic) bond motifs is 1. The van der Waals surface area contributed by atoms with Crippen LogP contribution in [0.15, 0.2) is 65.5 Å². The summed E-state index contributed by atoms with van der Waals surface area (Å²) in [6.07, 6.45) is 8.23. The first-order valence-corrected chi connectivity index (χ1v) is 12.0. The maximum atomic E-state index is 11.1. The number of hydrogen-bond acceptors (Lipinski definition) is 4. The van der Waals surface area contributed by atoms with Crippen LogP contribution in [0.1, 0.15) is 56.4 Å². The first kappa shape index (κ1) is 22.8. The molecule has 5 nitrogen and oxygen atoms in total. The quantitative estimate of drug-likeness (QED) is 0.428. The summed E-state index contributed by atoms with van der Waals surface area (Å²) in [4.78, 5) is 13.8. The van der Waals surface area contributed by atoms with E-state index in [2.05, 4.69) is 35.3 Å². The average molecular weight is 440 g/mol. The zero-order chi connectivity index (χ0) is 21.9. The van der Waals surface area contributed by atoms with E-state index >= 15 is 0 Å². The van der Waals surface area contributed by atoms with Crippen molar-refractivity contribution in [3.63, 3.8) is 0 Å². The molecule has 1 N–H and O–H groups in total. The molecule has 0 aliphatic heterocycles. The Morgan fingerprint density at radius 2 is 1.74 bits per heavy atom. The van der Waals surface area contributed by atoms with E-state index in [-0.39, 0.29) is 5.56 Å². The molecule has 1 saturated carbocycles. The van der Waals surface area contributed by atoms with E-state index in [0.29, 0.717) is 25.2 Å². The average Bonchev–Trinajstić information content (AvgIpc) is 2.80. The van der Waals surface area contributed by atoms with Crippen LogP contribution in [0.2, 0.25) is 0 Å². The zero-order valence-electron chi connectivity index (χ0n) is 17.6. The van der Waals surface area contributed by atoms with Crippen LogP contribution in [0, 0.1) is 0 Å². The van der Waals surface area contributed by atoms with Gasteiger partial charge in [-0.2, -0.15) is 8.42 Å². The molecule has 0 spiro atoms. The van der Waals surface area contributed by atoms with Crippen molar-refractivity contribution < 1.29 is 13.2 Å². The third-order valence-electron chi connectivity index (χ3n) is 5.44. The van der Waals surface area contributed by atoms with Crippen molar-refractivity contribution in [3.05, 3.63) is 76.6 Å². The first-order valence-electron chi connectivity index (χ1n) is 10.8. The minimum Gasteiger partial charge on any atom is -0.494 e. The van der Waals surface area contributed by atoms with Gasteiger partial charge in [-0.1, -0.05) is 49.6 Å². The fraction of sp³-hybridized carbons (Fsp3) is 0.360. The van der Waals surface area contributed by atoms with Gasteiger partial charge in [0.05, 0.1) is 6.61 Å². The number of pyridine rings is 1. The molecule has 4 rings (SSSR count). The predicted octanol–water partition coefficient (Wildman–Crippen LogP) is 5.10. The standard InChI is InChI=1S/C13H13NO4S.C12H16/c15-13-6-3-10-9-11(4-5-12(10)14-13)18-7-1-2-8-19(16)17;1-3-7-11(8-4-1)12-9-5-2-6-10-12/h3-6,8-9H,1-2,7H2,(H,14,15);1,3-4,7-8,12H,2,5-6,9-10H2. The second kappa shape index (κ2) is 12.1. The van der Waals surface area contributed by atoms with Gasteiger partial charge in [0.15, 0.2) is 0 Å². The van der Waals surface area contributed by atoms with E-state index in [0.717, 1.165) is 16.8 Å². The lowest BCUT2D eigenvalue weighted by Crippen LogP contribution is -2.03. The Bertz CT molecular complexity index is 1140. The number of unbranched alkanes of at least 4 members (excludes halogenated alkanes) is 1. The molecule has 1 aromatic heterocycles. The number of ether oxygens (including phenoxy) is 1. The van der Waals surface area contributed by atoms with Crippen molar-refractivity contribution >= 4 is 26.6 Å². The van der Waals surface area contributed by atoms with Gasteiger partial charge in [0, 0.05) is 22.3 Å². The normalized spacial score (nSPS) is 13.8.